The van der Waals surface area contributed by atoms with Crippen LogP contribution in [-0.4, -0.2) is 68.5 Å². The molecule has 1 aromatic heterocycles. The second kappa shape index (κ2) is 8.33. The van der Waals surface area contributed by atoms with E-state index in [1.165, 1.54) is 6.08 Å². The molecule has 0 aliphatic carbocycles. The number of amides is 3. The summed E-state index contributed by atoms with van der Waals surface area (Å²) in [6.45, 7) is 1.23. The summed E-state index contributed by atoms with van der Waals surface area (Å²) < 4.78 is 35.5. The number of rotatable bonds is 5. The van der Waals surface area contributed by atoms with Crippen LogP contribution in [-0.2, 0) is 26.0 Å². The Kier molecular flexibility index (Phi) is 6.66. The van der Waals surface area contributed by atoms with Crippen LogP contribution in [0.25, 0.3) is 0 Å². The number of hydrogen-bond acceptors (Lipinski definition) is 8. The van der Waals surface area contributed by atoms with E-state index in [4.69, 9.17) is 4.55 Å². The summed E-state index contributed by atoms with van der Waals surface area (Å²) in [4.78, 5) is 37.4. The number of nitrogens with one attached hydrogen (secondary N) is 1. The molecule has 1 saturated heterocycles. The number of pyridine rings is 1. The summed E-state index contributed by atoms with van der Waals surface area (Å²) in [7, 11) is -4.93. The molecule has 0 aromatic carbocycles. The van der Waals surface area contributed by atoms with Gasteiger partial charge in [0.25, 0.3) is 0 Å². The molecule has 0 spiro atoms. The molecule has 2 bridgehead atoms. The summed E-state index contributed by atoms with van der Waals surface area (Å²) in [5, 5.41) is 21.8. The van der Waals surface area contributed by atoms with Crippen LogP contribution < -0.4 is 40.3 Å². The van der Waals surface area contributed by atoms with Crippen LogP contribution in [0.1, 0.15) is 14.0 Å². The van der Waals surface area contributed by atoms with E-state index >= 15 is 0 Å². The summed E-state index contributed by atoms with van der Waals surface area (Å²) >= 11 is 0. The van der Waals surface area contributed by atoms with Gasteiger partial charge in [-0.2, -0.15) is 18.2 Å². The van der Waals surface area contributed by atoms with E-state index in [-0.39, 0.29) is 49.8 Å². The standard InChI is InChI=1S/C14H16N4O9S.Na/c1-7-2-9(16-5-10(7)18(14(16)22)27-28(24,25)26)13(21)15-4-8-3-11(19)12(20)6-17(8)23;/h2-3,6,9-10,20,23H,4-5H2,1H3,(H,15,21)(H,24,25,26);/q;+1/p+1/t9-,10-;/m0./s1. The van der Waals surface area contributed by atoms with Gasteiger partial charge in [0.15, 0.2) is 5.75 Å². The number of hydrogen-bond donors (Lipinski definition) is 4. The summed E-state index contributed by atoms with van der Waals surface area (Å²) in [5.74, 6) is -1.34. The van der Waals surface area contributed by atoms with Crippen molar-refractivity contribution < 1.29 is 68.1 Å². The van der Waals surface area contributed by atoms with Gasteiger partial charge in [0, 0.05) is 6.07 Å². The third-order valence-electron chi connectivity index (χ3n) is 4.34. The average Bonchev–Trinajstić information content (AvgIpc) is 2.85. The first-order chi connectivity index (χ1) is 13.0. The Morgan fingerprint density at radius 3 is 2.69 bits per heavy atom. The molecular formula is C14H17N4NaO9S+2. The minimum atomic E-state index is -4.93. The molecule has 1 fully saturated rings. The minimum Gasteiger partial charge on any atom is -0.503 e. The van der Waals surface area contributed by atoms with Crippen molar-refractivity contribution in [1.29, 1.82) is 0 Å². The van der Waals surface area contributed by atoms with E-state index in [9.17, 15) is 33.1 Å². The molecule has 2 aliphatic rings. The molecule has 3 heterocycles. The quantitative estimate of drug-likeness (QED) is 0.153. The molecule has 4 N–H and O–H groups in total. The normalized spacial score (nSPS) is 20.9. The van der Waals surface area contributed by atoms with Gasteiger partial charge in [-0.25, -0.2) is 4.79 Å². The number of carbonyl (C=O) groups is 2. The van der Waals surface area contributed by atoms with E-state index in [2.05, 4.69) is 9.60 Å². The van der Waals surface area contributed by atoms with E-state index < -0.39 is 45.6 Å². The number of urea groups is 1. The topological polar surface area (TPSA) is 179 Å². The molecule has 1 aromatic rings. The zero-order chi connectivity index (χ0) is 20.8. The van der Waals surface area contributed by atoms with E-state index in [1.807, 2.05) is 0 Å². The Labute approximate surface area is 187 Å². The molecule has 152 valence electrons. The first-order valence-electron chi connectivity index (χ1n) is 7.84. The van der Waals surface area contributed by atoms with Crippen LogP contribution in [0, 0.1) is 0 Å². The SMILES string of the molecule is CC1=C[C@@H](C(=O)NCc2cc(=O)c(O)cn2O)N2C[C@@H]1N(OS(=O)(=O)O)C2=O.[H+].[Na+]. The molecule has 3 rings (SSSR count). The molecule has 29 heavy (non-hydrogen) atoms. The van der Waals surface area contributed by atoms with Crippen LogP contribution >= 0.6 is 0 Å². The Bertz CT molecular complexity index is 1040. The number of nitrogens with zero attached hydrogens (tertiary/aromatic N) is 3. The molecule has 2 atom stereocenters. The number of carbonyl (C=O) groups excluding carboxylic acids is 2. The van der Waals surface area contributed by atoms with Crippen LogP contribution in [0.2, 0.25) is 0 Å². The first-order valence-corrected chi connectivity index (χ1v) is 9.21. The molecule has 0 radical (unpaired) electrons. The van der Waals surface area contributed by atoms with Crippen molar-refractivity contribution in [3.05, 3.63) is 39.8 Å². The van der Waals surface area contributed by atoms with Crippen LogP contribution in [0.15, 0.2) is 28.7 Å². The fraction of sp³-hybridized carbons (Fsp3) is 0.357. The van der Waals surface area contributed by atoms with Crippen LogP contribution in [0.5, 0.6) is 5.75 Å². The van der Waals surface area contributed by atoms with Gasteiger partial charge in [0.2, 0.25) is 11.3 Å². The number of fused-ring (bicyclic) bond motifs is 2. The van der Waals surface area contributed by atoms with E-state index in [1.54, 1.807) is 6.92 Å². The van der Waals surface area contributed by atoms with Gasteiger partial charge in [0.05, 0.1) is 25.0 Å². The van der Waals surface area contributed by atoms with Crippen LogP contribution in [0.3, 0.4) is 0 Å². The Morgan fingerprint density at radius 2 is 2.07 bits per heavy atom. The van der Waals surface area contributed by atoms with Crippen molar-refractivity contribution in [2.75, 3.05) is 6.54 Å². The molecule has 15 heteroatoms. The summed E-state index contributed by atoms with van der Waals surface area (Å²) in [6, 6.07) is -1.90. The molecule has 0 saturated carbocycles. The zero-order valence-corrected chi connectivity index (χ0v) is 18.2. The number of aromatic nitrogens is 1. The maximum absolute atomic E-state index is 12.5. The Hall–Kier alpha value is -2.10. The Morgan fingerprint density at radius 1 is 1.41 bits per heavy atom. The van der Waals surface area contributed by atoms with Gasteiger partial charge in [0.1, 0.15) is 12.1 Å². The van der Waals surface area contributed by atoms with Crippen molar-refractivity contribution in [2.45, 2.75) is 25.6 Å². The fourth-order valence-electron chi connectivity index (χ4n) is 2.98. The van der Waals surface area contributed by atoms with Gasteiger partial charge < -0.3 is 20.5 Å². The molecule has 13 nitrogen and oxygen atoms in total. The smallest absolute Gasteiger partial charge is 0.503 e. The molecule has 0 unspecified atom stereocenters. The van der Waals surface area contributed by atoms with E-state index in [0.29, 0.717) is 15.4 Å². The van der Waals surface area contributed by atoms with E-state index in [0.717, 1.165) is 17.2 Å². The molecule has 2 aliphatic heterocycles. The summed E-state index contributed by atoms with van der Waals surface area (Å²) in [5.41, 5.74) is -0.303. The van der Waals surface area contributed by atoms with Gasteiger partial charge in [-0.15, -0.1) is 4.28 Å². The molecular weight excluding hydrogens is 423 g/mol. The maximum Gasteiger partial charge on any atom is 1.00 e. The predicted octanol–water partition coefficient (Wildman–Crippen LogP) is -4.31. The van der Waals surface area contributed by atoms with Gasteiger partial charge in [-0.3, -0.25) is 14.1 Å². The predicted molar refractivity (Wildman–Crippen MR) is 90.4 cm³/mol. The largest absolute Gasteiger partial charge is 1.00 e. The van der Waals surface area contributed by atoms with Gasteiger partial charge in [-0.1, -0.05) is 6.08 Å². The number of hydroxylamine groups is 2. The second-order valence-corrected chi connectivity index (χ2v) is 7.22. The van der Waals surface area contributed by atoms with Crippen molar-refractivity contribution in [2.24, 2.45) is 0 Å². The summed E-state index contributed by atoms with van der Waals surface area (Å²) in [6.07, 6.45) is 2.20. The first kappa shape index (κ1) is 23.2. The third kappa shape index (κ3) is 4.73. The van der Waals surface area contributed by atoms with Crippen molar-refractivity contribution in [1.82, 2.24) is 20.0 Å². The number of aromatic hydroxyl groups is 1. The second-order valence-electron chi connectivity index (χ2n) is 6.21. The Balaban J connectivity index is 0.00000225. The van der Waals surface area contributed by atoms with Crippen LogP contribution in [0.4, 0.5) is 4.79 Å². The monoisotopic (exact) mass is 440 g/mol. The van der Waals surface area contributed by atoms with Gasteiger partial charge >= 0.3 is 47.4 Å². The van der Waals surface area contributed by atoms with Gasteiger partial charge in [-0.05, 0) is 12.5 Å². The van der Waals surface area contributed by atoms with Crippen molar-refractivity contribution in [3.8, 4) is 5.75 Å². The fourth-order valence-corrected chi connectivity index (χ4v) is 3.35. The van der Waals surface area contributed by atoms with Crippen molar-refractivity contribution >= 4 is 22.3 Å². The minimum absolute atomic E-state index is 0. The zero-order valence-electron chi connectivity index (χ0n) is 16.3. The maximum atomic E-state index is 12.5. The average molecular weight is 440 g/mol. The molecule has 3 amide bonds. The third-order valence-corrected chi connectivity index (χ3v) is 4.69. The van der Waals surface area contributed by atoms with Crippen molar-refractivity contribution in [3.63, 3.8) is 0 Å².